The van der Waals surface area contributed by atoms with E-state index in [1.54, 1.807) is 19.3 Å². The molecule has 102 valence electrons. The van der Waals surface area contributed by atoms with Gasteiger partial charge in [-0.1, -0.05) is 0 Å². The highest BCUT2D eigenvalue weighted by molar-refractivity contribution is 5.97. The van der Waals surface area contributed by atoms with Gasteiger partial charge in [-0.3, -0.25) is 14.6 Å². The van der Waals surface area contributed by atoms with Crippen molar-refractivity contribution in [3.05, 3.63) is 29.6 Å². The third-order valence-electron chi connectivity index (χ3n) is 3.27. The van der Waals surface area contributed by atoms with Crippen molar-refractivity contribution >= 4 is 11.8 Å². The molecule has 0 aliphatic carbocycles. The Labute approximate surface area is 112 Å². The highest BCUT2D eigenvalue weighted by atomic mass is 16.2. The molecule has 19 heavy (non-hydrogen) atoms. The molecule has 2 rings (SSSR count). The molecule has 6 nitrogen and oxygen atoms in total. The number of amides is 2. The molecule has 6 heteroatoms. The van der Waals surface area contributed by atoms with E-state index in [4.69, 9.17) is 5.73 Å². The third kappa shape index (κ3) is 2.73. The SMILES string of the molecule is CNC(=O)[C@@H]1C[C@@H](N)CN1C(=O)c1cncc(C)c1. The number of pyridine rings is 1. The minimum atomic E-state index is -0.493. The lowest BCUT2D eigenvalue weighted by atomic mass is 10.1. The summed E-state index contributed by atoms with van der Waals surface area (Å²) in [5, 5.41) is 2.57. The fraction of sp³-hybridized carbons (Fsp3) is 0.462. The van der Waals surface area contributed by atoms with E-state index in [0.717, 1.165) is 5.56 Å². The molecule has 2 atom stereocenters. The van der Waals surface area contributed by atoms with Crippen molar-refractivity contribution in [3.8, 4) is 0 Å². The zero-order valence-electron chi connectivity index (χ0n) is 11.1. The van der Waals surface area contributed by atoms with Crippen LogP contribution >= 0.6 is 0 Å². The molecule has 1 aromatic rings. The summed E-state index contributed by atoms with van der Waals surface area (Å²) in [5.41, 5.74) is 7.26. The van der Waals surface area contributed by atoms with Gasteiger partial charge in [0.2, 0.25) is 5.91 Å². The van der Waals surface area contributed by atoms with E-state index in [1.165, 1.54) is 11.1 Å². The quantitative estimate of drug-likeness (QED) is 0.764. The summed E-state index contributed by atoms with van der Waals surface area (Å²) in [4.78, 5) is 29.8. The lowest BCUT2D eigenvalue weighted by molar-refractivity contribution is -0.124. The molecule has 0 saturated carbocycles. The molecule has 0 aromatic carbocycles. The molecule has 1 saturated heterocycles. The van der Waals surface area contributed by atoms with Crippen LogP contribution in [0.4, 0.5) is 0 Å². The van der Waals surface area contributed by atoms with E-state index in [2.05, 4.69) is 10.3 Å². The van der Waals surface area contributed by atoms with Gasteiger partial charge in [0.15, 0.2) is 0 Å². The largest absolute Gasteiger partial charge is 0.357 e. The zero-order valence-corrected chi connectivity index (χ0v) is 11.1. The van der Waals surface area contributed by atoms with Crippen LogP contribution in [0.5, 0.6) is 0 Å². The Bertz CT molecular complexity index is 503. The van der Waals surface area contributed by atoms with Crippen LogP contribution in [0.3, 0.4) is 0 Å². The predicted octanol–water partition coefficient (Wildman–Crippen LogP) is -0.322. The van der Waals surface area contributed by atoms with Gasteiger partial charge in [-0.2, -0.15) is 0 Å². The smallest absolute Gasteiger partial charge is 0.256 e. The van der Waals surface area contributed by atoms with Crippen molar-refractivity contribution in [1.29, 1.82) is 0 Å². The second-order valence-corrected chi connectivity index (χ2v) is 4.83. The molecule has 0 radical (unpaired) electrons. The molecule has 2 amide bonds. The van der Waals surface area contributed by atoms with Crippen molar-refractivity contribution < 1.29 is 9.59 Å². The van der Waals surface area contributed by atoms with Gasteiger partial charge in [0.05, 0.1) is 5.56 Å². The van der Waals surface area contributed by atoms with Gasteiger partial charge < -0.3 is 16.0 Å². The number of likely N-dealkylation sites (N-methyl/N-ethyl adjacent to an activating group) is 1. The Kier molecular flexibility index (Phi) is 3.80. The fourth-order valence-electron chi connectivity index (χ4n) is 2.35. The lowest BCUT2D eigenvalue weighted by Gasteiger charge is -2.23. The van der Waals surface area contributed by atoms with Crippen LogP contribution in [-0.2, 0) is 4.79 Å². The molecular weight excluding hydrogens is 244 g/mol. The molecule has 1 fully saturated rings. The highest BCUT2D eigenvalue weighted by Gasteiger charge is 2.38. The van der Waals surface area contributed by atoms with Crippen molar-refractivity contribution in [3.63, 3.8) is 0 Å². The monoisotopic (exact) mass is 262 g/mol. The van der Waals surface area contributed by atoms with Crippen LogP contribution in [0.25, 0.3) is 0 Å². The standard InChI is InChI=1S/C13H18N4O2/c1-8-3-9(6-16-5-8)13(19)17-7-10(14)4-11(17)12(18)15-2/h3,5-6,10-11H,4,7,14H2,1-2H3,(H,15,18)/t10-,11+/m1/s1. The average Bonchev–Trinajstić information content (AvgIpc) is 2.79. The minimum absolute atomic E-state index is 0.163. The number of rotatable bonds is 2. The van der Waals surface area contributed by atoms with E-state index < -0.39 is 6.04 Å². The summed E-state index contributed by atoms with van der Waals surface area (Å²) < 4.78 is 0. The van der Waals surface area contributed by atoms with E-state index in [1.807, 2.05) is 6.92 Å². The Balaban J connectivity index is 2.24. The van der Waals surface area contributed by atoms with E-state index in [9.17, 15) is 9.59 Å². The maximum atomic E-state index is 12.4. The lowest BCUT2D eigenvalue weighted by Crippen LogP contribution is -2.45. The van der Waals surface area contributed by atoms with Crippen LogP contribution in [0, 0.1) is 6.92 Å². The Morgan fingerprint density at radius 2 is 2.21 bits per heavy atom. The molecule has 2 heterocycles. The van der Waals surface area contributed by atoms with E-state index in [0.29, 0.717) is 18.5 Å². The van der Waals surface area contributed by atoms with Gasteiger partial charge in [-0.05, 0) is 25.0 Å². The number of aryl methyl sites for hydroxylation is 1. The summed E-state index contributed by atoms with van der Waals surface area (Å²) in [6.07, 6.45) is 3.69. The van der Waals surface area contributed by atoms with Crippen LogP contribution in [0.15, 0.2) is 18.5 Å². The molecule has 0 unspecified atom stereocenters. The first kappa shape index (κ1) is 13.5. The fourth-order valence-corrected chi connectivity index (χ4v) is 2.35. The first-order chi connectivity index (χ1) is 9.02. The van der Waals surface area contributed by atoms with Crippen molar-refractivity contribution in [2.45, 2.75) is 25.4 Å². The summed E-state index contributed by atoms with van der Waals surface area (Å²) in [6.45, 7) is 2.26. The molecule has 1 aromatic heterocycles. The van der Waals surface area contributed by atoms with Crippen molar-refractivity contribution in [2.75, 3.05) is 13.6 Å². The van der Waals surface area contributed by atoms with Gasteiger partial charge in [-0.15, -0.1) is 0 Å². The Morgan fingerprint density at radius 3 is 2.84 bits per heavy atom. The Morgan fingerprint density at radius 1 is 1.47 bits per heavy atom. The van der Waals surface area contributed by atoms with Crippen LogP contribution in [0.1, 0.15) is 22.3 Å². The molecule has 1 aliphatic rings. The number of nitrogens with two attached hydrogens (primary N) is 1. The van der Waals surface area contributed by atoms with Crippen LogP contribution in [0.2, 0.25) is 0 Å². The van der Waals surface area contributed by atoms with Gasteiger partial charge in [-0.25, -0.2) is 0 Å². The van der Waals surface area contributed by atoms with E-state index in [-0.39, 0.29) is 17.9 Å². The predicted molar refractivity (Wildman–Crippen MR) is 70.5 cm³/mol. The number of carbonyl (C=O) groups excluding carboxylic acids is 2. The summed E-state index contributed by atoms with van der Waals surface area (Å²) in [6, 6.07) is 1.11. The average molecular weight is 262 g/mol. The van der Waals surface area contributed by atoms with Crippen LogP contribution in [-0.4, -0.2) is 47.4 Å². The van der Waals surface area contributed by atoms with Gasteiger partial charge in [0.1, 0.15) is 6.04 Å². The highest BCUT2D eigenvalue weighted by Crippen LogP contribution is 2.19. The first-order valence-corrected chi connectivity index (χ1v) is 6.22. The Hall–Kier alpha value is -1.95. The number of aromatic nitrogens is 1. The second-order valence-electron chi connectivity index (χ2n) is 4.83. The zero-order chi connectivity index (χ0) is 14.0. The number of nitrogens with zero attached hydrogens (tertiary/aromatic N) is 2. The maximum Gasteiger partial charge on any atom is 0.256 e. The first-order valence-electron chi connectivity index (χ1n) is 6.22. The molecule has 0 bridgehead atoms. The molecular formula is C13H18N4O2. The molecule has 0 spiro atoms. The number of hydrogen-bond donors (Lipinski definition) is 2. The second kappa shape index (κ2) is 5.36. The summed E-state index contributed by atoms with van der Waals surface area (Å²) in [7, 11) is 1.56. The van der Waals surface area contributed by atoms with Crippen molar-refractivity contribution in [1.82, 2.24) is 15.2 Å². The van der Waals surface area contributed by atoms with Gasteiger partial charge in [0.25, 0.3) is 5.91 Å². The normalized spacial score (nSPS) is 22.4. The summed E-state index contributed by atoms with van der Waals surface area (Å²) in [5.74, 6) is -0.375. The topological polar surface area (TPSA) is 88.3 Å². The number of carbonyl (C=O) groups is 2. The summed E-state index contributed by atoms with van der Waals surface area (Å²) >= 11 is 0. The van der Waals surface area contributed by atoms with E-state index >= 15 is 0 Å². The molecule has 1 aliphatic heterocycles. The number of likely N-dealkylation sites (tertiary alicyclic amines) is 1. The number of hydrogen-bond acceptors (Lipinski definition) is 4. The third-order valence-corrected chi connectivity index (χ3v) is 3.27. The van der Waals surface area contributed by atoms with Gasteiger partial charge >= 0.3 is 0 Å². The van der Waals surface area contributed by atoms with Crippen molar-refractivity contribution in [2.24, 2.45) is 5.73 Å². The van der Waals surface area contributed by atoms with Gasteiger partial charge in [0, 0.05) is 32.0 Å². The minimum Gasteiger partial charge on any atom is -0.357 e. The number of nitrogens with one attached hydrogen (secondary N) is 1. The molecule has 3 N–H and O–H groups in total. The maximum absolute atomic E-state index is 12.4. The van der Waals surface area contributed by atoms with Crippen LogP contribution < -0.4 is 11.1 Å².